The zero-order chi connectivity index (χ0) is 8.15. The highest BCUT2D eigenvalue weighted by molar-refractivity contribution is 5.78. The van der Waals surface area contributed by atoms with Crippen molar-refractivity contribution in [2.24, 2.45) is 11.8 Å². The van der Waals surface area contributed by atoms with Crippen LogP contribution in [0, 0.1) is 5.92 Å². The Labute approximate surface area is 60.4 Å². The third-order valence-electron chi connectivity index (χ3n) is 1.50. The Morgan fingerprint density at radius 2 is 2.30 bits per heavy atom. The van der Waals surface area contributed by atoms with E-state index in [0.29, 0.717) is 6.42 Å². The van der Waals surface area contributed by atoms with E-state index in [1.807, 2.05) is 12.3 Å². The number of amides is 1. The molecule has 1 amide bonds. The zero-order valence-electron chi connectivity index (χ0n) is 6.29. The Morgan fingerprint density at radius 1 is 1.80 bits per heavy atom. The predicted octanol–water partition coefficient (Wildman–Crippen LogP) is -0.617. The van der Waals surface area contributed by atoms with Crippen molar-refractivity contribution in [3.63, 3.8) is 0 Å². The SMILES string of the molecule is CC[C@H](C(=O)NN)[C@H](C)O. The summed E-state index contributed by atoms with van der Waals surface area (Å²) < 4.78 is 0. The summed E-state index contributed by atoms with van der Waals surface area (Å²) in [7, 11) is 0. The number of carbonyl (C=O) groups is 1. The van der Waals surface area contributed by atoms with E-state index in [1.54, 1.807) is 6.92 Å². The molecular formula is C6H14N2O2. The fourth-order valence-corrected chi connectivity index (χ4v) is 0.853. The normalized spacial score (nSPS) is 16.0. The minimum absolute atomic E-state index is 0.308. The van der Waals surface area contributed by atoms with E-state index in [4.69, 9.17) is 10.9 Å². The number of aliphatic hydroxyl groups is 1. The topological polar surface area (TPSA) is 75.4 Å². The molecule has 0 unspecified atom stereocenters. The minimum Gasteiger partial charge on any atom is -0.393 e. The largest absolute Gasteiger partial charge is 0.393 e. The van der Waals surface area contributed by atoms with E-state index in [9.17, 15) is 4.79 Å². The highest BCUT2D eigenvalue weighted by atomic mass is 16.3. The van der Waals surface area contributed by atoms with Crippen molar-refractivity contribution in [2.75, 3.05) is 0 Å². The fourth-order valence-electron chi connectivity index (χ4n) is 0.853. The number of rotatable bonds is 3. The standard InChI is InChI=1S/C6H14N2O2/c1-3-5(4(2)9)6(10)8-7/h4-5,9H,3,7H2,1-2H3,(H,8,10)/t4-,5-/m0/s1. The molecule has 0 fully saturated rings. The molecule has 0 saturated heterocycles. The van der Waals surface area contributed by atoms with Crippen LogP contribution in [-0.2, 0) is 4.79 Å². The van der Waals surface area contributed by atoms with Gasteiger partial charge in [-0.15, -0.1) is 0 Å². The van der Waals surface area contributed by atoms with E-state index in [1.165, 1.54) is 0 Å². The van der Waals surface area contributed by atoms with Crippen molar-refractivity contribution in [3.05, 3.63) is 0 Å². The maximum absolute atomic E-state index is 10.8. The summed E-state index contributed by atoms with van der Waals surface area (Å²) in [5.41, 5.74) is 2.00. The van der Waals surface area contributed by atoms with Gasteiger partial charge in [0.05, 0.1) is 12.0 Å². The van der Waals surface area contributed by atoms with Crippen LogP contribution in [0.5, 0.6) is 0 Å². The van der Waals surface area contributed by atoms with E-state index in [0.717, 1.165) is 0 Å². The number of nitrogens with two attached hydrogens (primary N) is 1. The van der Waals surface area contributed by atoms with Gasteiger partial charge in [-0.2, -0.15) is 0 Å². The molecule has 4 N–H and O–H groups in total. The van der Waals surface area contributed by atoms with Crippen molar-refractivity contribution in [2.45, 2.75) is 26.4 Å². The number of nitrogens with one attached hydrogen (secondary N) is 1. The molecule has 2 atom stereocenters. The van der Waals surface area contributed by atoms with Crippen molar-refractivity contribution in [3.8, 4) is 0 Å². The molecule has 0 heterocycles. The Morgan fingerprint density at radius 3 is 2.40 bits per heavy atom. The van der Waals surface area contributed by atoms with Crippen molar-refractivity contribution < 1.29 is 9.90 Å². The van der Waals surface area contributed by atoms with Gasteiger partial charge in [-0.1, -0.05) is 6.92 Å². The van der Waals surface area contributed by atoms with Gasteiger partial charge in [-0.05, 0) is 13.3 Å². The van der Waals surface area contributed by atoms with Gasteiger partial charge < -0.3 is 5.11 Å². The molecule has 4 nitrogen and oxygen atoms in total. The average molecular weight is 146 g/mol. The fraction of sp³-hybridized carbons (Fsp3) is 0.833. The summed E-state index contributed by atoms with van der Waals surface area (Å²) in [5, 5.41) is 9.00. The molecule has 0 rings (SSSR count). The van der Waals surface area contributed by atoms with Gasteiger partial charge in [0.2, 0.25) is 5.91 Å². The summed E-state index contributed by atoms with van der Waals surface area (Å²) in [6.07, 6.45) is -0.0331. The Balaban J connectivity index is 3.93. The monoisotopic (exact) mass is 146 g/mol. The first-order valence-electron chi connectivity index (χ1n) is 3.32. The van der Waals surface area contributed by atoms with Crippen LogP contribution in [0.1, 0.15) is 20.3 Å². The van der Waals surface area contributed by atoms with Crippen LogP contribution in [0.25, 0.3) is 0 Å². The summed E-state index contributed by atoms with van der Waals surface area (Å²) in [6.45, 7) is 3.40. The number of hydrogen-bond acceptors (Lipinski definition) is 3. The molecule has 0 radical (unpaired) electrons. The molecular weight excluding hydrogens is 132 g/mol. The lowest BCUT2D eigenvalue weighted by Gasteiger charge is -2.14. The summed E-state index contributed by atoms with van der Waals surface area (Å²) >= 11 is 0. The van der Waals surface area contributed by atoms with Crippen molar-refractivity contribution in [1.29, 1.82) is 0 Å². The first-order valence-corrected chi connectivity index (χ1v) is 3.32. The van der Waals surface area contributed by atoms with Crippen LogP contribution in [0.4, 0.5) is 0 Å². The molecule has 0 bridgehead atoms. The second-order valence-electron chi connectivity index (χ2n) is 2.26. The Hall–Kier alpha value is -0.610. The van der Waals surface area contributed by atoms with Crippen LogP contribution >= 0.6 is 0 Å². The maximum Gasteiger partial charge on any atom is 0.239 e. The second-order valence-corrected chi connectivity index (χ2v) is 2.26. The summed E-state index contributed by atoms with van der Waals surface area (Å²) in [5.74, 6) is 4.18. The van der Waals surface area contributed by atoms with Gasteiger partial charge in [-0.3, -0.25) is 10.2 Å². The smallest absolute Gasteiger partial charge is 0.239 e. The quantitative estimate of drug-likeness (QED) is 0.282. The predicted molar refractivity (Wildman–Crippen MR) is 37.8 cm³/mol. The minimum atomic E-state index is -0.631. The lowest BCUT2D eigenvalue weighted by Crippen LogP contribution is -2.39. The summed E-state index contributed by atoms with van der Waals surface area (Å²) in [4.78, 5) is 10.8. The van der Waals surface area contributed by atoms with E-state index < -0.39 is 6.10 Å². The molecule has 60 valence electrons. The van der Waals surface area contributed by atoms with Gasteiger partial charge in [0, 0.05) is 0 Å². The molecule has 0 aliphatic rings. The third kappa shape index (κ3) is 2.33. The average Bonchev–Trinajstić information content (AvgIpc) is 1.88. The van der Waals surface area contributed by atoms with Crippen LogP contribution in [0.15, 0.2) is 0 Å². The lowest BCUT2D eigenvalue weighted by molar-refractivity contribution is -0.128. The Bertz CT molecular complexity index is 114. The molecule has 0 saturated carbocycles. The van der Waals surface area contributed by atoms with E-state index >= 15 is 0 Å². The number of aliphatic hydroxyl groups excluding tert-OH is 1. The van der Waals surface area contributed by atoms with Crippen molar-refractivity contribution >= 4 is 5.91 Å². The molecule has 0 aromatic carbocycles. The molecule has 0 spiro atoms. The highest BCUT2D eigenvalue weighted by Gasteiger charge is 2.19. The highest BCUT2D eigenvalue weighted by Crippen LogP contribution is 2.07. The number of hydrazine groups is 1. The third-order valence-corrected chi connectivity index (χ3v) is 1.50. The molecule has 0 aromatic rings. The lowest BCUT2D eigenvalue weighted by atomic mass is 10.0. The maximum atomic E-state index is 10.8. The first kappa shape index (κ1) is 9.39. The van der Waals surface area contributed by atoms with Crippen LogP contribution in [-0.4, -0.2) is 17.1 Å². The molecule has 0 aliphatic heterocycles. The van der Waals surface area contributed by atoms with Crippen molar-refractivity contribution in [1.82, 2.24) is 5.43 Å². The summed E-state index contributed by atoms with van der Waals surface area (Å²) in [6, 6.07) is 0. The molecule has 0 aliphatic carbocycles. The first-order chi connectivity index (χ1) is 4.63. The van der Waals surface area contributed by atoms with Crippen LogP contribution in [0.2, 0.25) is 0 Å². The van der Waals surface area contributed by atoms with Gasteiger partial charge in [0.1, 0.15) is 0 Å². The molecule has 0 aromatic heterocycles. The molecule has 10 heavy (non-hydrogen) atoms. The second kappa shape index (κ2) is 4.24. The number of hydrogen-bond donors (Lipinski definition) is 3. The van der Waals surface area contributed by atoms with Gasteiger partial charge in [0.15, 0.2) is 0 Å². The molecule has 4 heteroatoms. The van der Waals surface area contributed by atoms with Gasteiger partial charge in [-0.25, -0.2) is 5.84 Å². The van der Waals surface area contributed by atoms with E-state index in [-0.39, 0.29) is 11.8 Å². The van der Waals surface area contributed by atoms with Gasteiger partial charge in [0.25, 0.3) is 0 Å². The van der Waals surface area contributed by atoms with Crippen LogP contribution in [0.3, 0.4) is 0 Å². The zero-order valence-corrected chi connectivity index (χ0v) is 6.29. The van der Waals surface area contributed by atoms with E-state index in [2.05, 4.69) is 0 Å². The van der Waals surface area contributed by atoms with Crippen LogP contribution < -0.4 is 11.3 Å². The number of carbonyl (C=O) groups excluding carboxylic acids is 1. The Kier molecular flexibility index (Phi) is 3.99. The van der Waals surface area contributed by atoms with Gasteiger partial charge >= 0.3 is 0 Å².